The molecule has 0 aromatic carbocycles. The van der Waals surface area contributed by atoms with Crippen LogP contribution in [0.4, 0.5) is 5.82 Å². The molecule has 0 bridgehead atoms. The standard InChI is InChI=1S/C27H37N7O2S/c1-17(2)24-25(21-15-34-27(28-16-29-34)20(5)19(21)4)30-22-8-9-23(31-26(22)24)33-12-11-32(14-18(33)3)10-7-13-37(6,35)36/h8-9,15-18,30H,7,10-14H2,1-6H3/t18-/m0/s1. The van der Waals surface area contributed by atoms with Gasteiger partial charge in [0.15, 0.2) is 5.65 Å². The van der Waals surface area contributed by atoms with Gasteiger partial charge in [-0.15, -0.1) is 0 Å². The molecule has 37 heavy (non-hydrogen) atoms. The lowest BCUT2D eigenvalue weighted by molar-refractivity contribution is 0.229. The van der Waals surface area contributed by atoms with Crippen LogP contribution in [0.1, 0.15) is 49.8 Å². The summed E-state index contributed by atoms with van der Waals surface area (Å²) < 4.78 is 24.8. The van der Waals surface area contributed by atoms with Gasteiger partial charge >= 0.3 is 0 Å². The summed E-state index contributed by atoms with van der Waals surface area (Å²) in [6.07, 6.45) is 5.65. The number of piperazine rings is 1. The lowest BCUT2D eigenvalue weighted by Crippen LogP contribution is -2.52. The van der Waals surface area contributed by atoms with Gasteiger partial charge in [-0.3, -0.25) is 4.90 Å². The van der Waals surface area contributed by atoms with Crippen molar-refractivity contribution >= 4 is 32.3 Å². The Hall–Kier alpha value is -2.98. The van der Waals surface area contributed by atoms with E-state index in [-0.39, 0.29) is 17.7 Å². The number of nitrogens with one attached hydrogen (secondary N) is 1. The van der Waals surface area contributed by atoms with Gasteiger partial charge in [0.2, 0.25) is 0 Å². The molecule has 1 saturated heterocycles. The van der Waals surface area contributed by atoms with Crippen molar-refractivity contribution in [2.24, 2.45) is 0 Å². The predicted molar refractivity (Wildman–Crippen MR) is 149 cm³/mol. The van der Waals surface area contributed by atoms with Crippen molar-refractivity contribution in [1.29, 1.82) is 0 Å². The molecule has 5 rings (SSSR count). The fourth-order valence-electron chi connectivity index (χ4n) is 5.59. The first-order valence-corrected chi connectivity index (χ1v) is 15.1. The van der Waals surface area contributed by atoms with Crippen molar-refractivity contribution in [2.45, 2.75) is 53.0 Å². The van der Waals surface area contributed by atoms with Crippen molar-refractivity contribution < 1.29 is 8.42 Å². The highest BCUT2D eigenvalue weighted by Crippen LogP contribution is 2.38. The second-order valence-electron chi connectivity index (χ2n) is 10.8. The van der Waals surface area contributed by atoms with Crippen LogP contribution in [0.3, 0.4) is 0 Å². The maximum absolute atomic E-state index is 11.5. The van der Waals surface area contributed by atoms with Gasteiger partial charge in [0.05, 0.1) is 22.5 Å². The lowest BCUT2D eigenvalue weighted by atomic mass is 9.95. The summed E-state index contributed by atoms with van der Waals surface area (Å²) in [5.41, 5.74) is 8.67. The quantitative estimate of drug-likeness (QED) is 0.391. The Morgan fingerprint density at radius 3 is 2.65 bits per heavy atom. The molecule has 4 aromatic heterocycles. The SMILES string of the molecule is Cc1c(-c2[nH]c3ccc(N4CCN(CCCS(C)(=O)=O)C[C@@H]4C)nc3c2C(C)C)cn2ncnc2c1C. The van der Waals surface area contributed by atoms with E-state index in [4.69, 9.17) is 4.98 Å². The van der Waals surface area contributed by atoms with Crippen LogP contribution in [0.2, 0.25) is 0 Å². The topological polar surface area (TPSA) is 99.5 Å². The minimum atomic E-state index is -2.91. The molecule has 5 heterocycles. The van der Waals surface area contributed by atoms with Gasteiger partial charge in [-0.05, 0) is 62.9 Å². The van der Waals surface area contributed by atoms with Gasteiger partial charge in [0, 0.05) is 49.3 Å². The number of fused-ring (bicyclic) bond motifs is 2. The second-order valence-corrected chi connectivity index (χ2v) is 13.0. The van der Waals surface area contributed by atoms with E-state index in [1.807, 2.05) is 4.52 Å². The highest BCUT2D eigenvalue weighted by molar-refractivity contribution is 7.90. The molecule has 198 valence electrons. The maximum atomic E-state index is 11.5. The van der Waals surface area contributed by atoms with E-state index in [0.29, 0.717) is 6.42 Å². The molecule has 1 N–H and O–H groups in total. The molecule has 0 unspecified atom stereocenters. The first-order valence-electron chi connectivity index (χ1n) is 13.0. The minimum Gasteiger partial charge on any atom is -0.353 e. The zero-order valence-corrected chi connectivity index (χ0v) is 23.4. The lowest BCUT2D eigenvalue weighted by Gasteiger charge is -2.40. The minimum absolute atomic E-state index is 0.246. The Kier molecular flexibility index (Phi) is 6.74. The Labute approximate surface area is 218 Å². The number of pyridine rings is 2. The molecule has 1 atom stereocenters. The Bertz CT molecular complexity index is 1550. The van der Waals surface area contributed by atoms with Gasteiger partial charge in [0.1, 0.15) is 22.0 Å². The van der Waals surface area contributed by atoms with E-state index in [1.165, 1.54) is 17.4 Å². The number of anilines is 1. The summed E-state index contributed by atoms with van der Waals surface area (Å²) in [4.78, 5) is 18.0. The Morgan fingerprint density at radius 1 is 1.16 bits per heavy atom. The zero-order chi connectivity index (χ0) is 26.5. The van der Waals surface area contributed by atoms with Gasteiger partial charge in [-0.1, -0.05) is 13.8 Å². The number of nitrogens with zero attached hydrogens (tertiary/aromatic N) is 6. The summed E-state index contributed by atoms with van der Waals surface area (Å²) in [5, 5.41) is 4.39. The van der Waals surface area contributed by atoms with E-state index < -0.39 is 9.84 Å². The summed E-state index contributed by atoms with van der Waals surface area (Å²) in [6.45, 7) is 14.4. The third kappa shape index (κ3) is 4.96. The molecule has 1 aliphatic heterocycles. The molecule has 0 radical (unpaired) electrons. The molecule has 0 spiro atoms. The molecule has 1 aliphatic rings. The van der Waals surface area contributed by atoms with E-state index in [0.717, 1.165) is 65.5 Å². The number of H-pyrrole nitrogens is 1. The number of aryl methyl sites for hydroxylation is 1. The van der Waals surface area contributed by atoms with Crippen LogP contribution in [-0.4, -0.2) is 82.1 Å². The summed E-state index contributed by atoms with van der Waals surface area (Å²) in [5.74, 6) is 1.51. The normalized spacial score (nSPS) is 17.5. The zero-order valence-electron chi connectivity index (χ0n) is 22.6. The van der Waals surface area contributed by atoms with Crippen LogP contribution in [-0.2, 0) is 9.84 Å². The number of rotatable bonds is 7. The molecule has 0 saturated carbocycles. The smallest absolute Gasteiger partial charge is 0.158 e. The van der Waals surface area contributed by atoms with E-state index in [9.17, 15) is 8.42 Å². The van der Waals surface area contributed by atoms with Crippen LogP contribution in [0, 0.1) is 13.8 Å². The predicted octanol–water partition coefficient (Wildman–Crippen LogP) is 3.96. The van der Waals surface area contributed by atoms with E-state index >= 15 is 0 Å². The molecular weight excluding hydrogens is 486 g/mol. The first kappa shape index (κ1) is 25.7. The Morgan fingerprint density at radius 2 is 1.95 bits per heavy atom. The average molecular weight is 524 g/mol. The molecule has 0 amide bonds. The van der Waals surface area contributed by atoms with Crippen molar-refractivity contribution in [1.82, 2.24) is 29.5 Å². The van der Waals surface area contributed by atoms with Crippen molar-refractivity contribution in [3.63, 3.8) is 0 Å². The van der Waals surface area contributed by atoms with Crippen molar-refractivity contribution in [2.75, 3.05) is 43.1 Å². The molecule has 0 aliphatic carbocycles. The van der Waals surface area contributed by atoms with Crippen LogP contribution < -0.4 is 4.90 Å². The van der Waals surface area contributed by atoms with Crippen LogP contribution in [0.25, 0.3) is 27.9 Å². The number of hydrogen-bond acceptors (Lipinski definition) is 7. The Balaban J connectivity index is 1.46. The van der Waals surface area contributed by atoms with Crippen LogP contribution >= 0.6 is 0 Å². The highest BCUT2D eigenvalue weighted by Gasteiger charge is 2.26. The fraction of sp³-hybridized carbons (Fsp3) is 0.519. The van der Waals surface area contributed by atoms with Gasteiger partial charge < -0.3 is 9.88 Å². The van der Waals surface area contributed by atoms with Crippen LogP contribution in [0.15, 0.2) is 24.7 Å². The molecule has 4 aromatic rings. The van der Waals surface area contributed by atoms with Gasteiger partial charge in [0.25, 0.3) is 0 Å². The summed E-state index contributed by atoms with van der Waals surface area (Å²) in [7, 11) is -2.91. The number of sulfone groups is 1. The van der Waals surface area contributed by atoms with E-state index in [2.05, 4.69) is 77.8 Å². The summed E-state index contributed by atoms with van der Waals surface area (Å²) in [6, 6.07) is 4.55. The molecule has 9 nitrogen and oxygen atoms in total. The third-order valence-corrected chi connectivity index (χ3v) is 8.66. The highest BCUT2D eigenvalue weighted by atomic mass is 32.2. The van der Waals surface area contributed by atoms with Gasteiger partial charge in [-0.2, -0.15) is 5.10 Å². The largest absolute Gasteiger partial charge is 0.353 e. The van der Waals surface area contributed by atoms with Crippen molar-refractivity contribution in [3.8, 4) is 11.3 Å². The number of aromatic amines is 1. The van der Waals surface area contributed by atoms with Gasteiger partial charge in [-0.25, -0.2) is 22.9 Å². The summed E-state index contributed by atoms with van der Waals surface area (Å²) >= 11 is 0. The average Bonchev–Trinajstić information content (AvgIpc) is 3.45. The van der Waals surface area contributed by atoms with E-state index in [1.54, 1.807) is 6.33 Å². The van der Waals surface area contributed by atoms with Crippen molar-refractivity contribution in [3.05, 3.63) is 41.3 Å². The third-order valence-electron chi connectivity index (χ3n) is 7.63. The first-order chi connectivity index (χ1) is 17.5. The fourth-order valence-corrected chi connectivity index (χ4v) is 6.24. The molecule has 1 fully saturated rings. The maximum Gasteiger partial charge on any atom is 0.158 e. The van der Waals surface area contributed by atoms with Crippen LogP contribution in [0.5, 0.6) is 0 Å². The monoisotopic (exact) mass is 523 g/mol. The number of aromatic nitrogens is 5. The molecule has 10 heteroatoms. The number of hydrogen-bond donors (Lipinski definition) is 1. The molecular formula is C27H37N7O2S. The second kappa shape index (κ2) is 9.72.